The molecule has 0 radical (unpaired) electrons. The highest BCUT2D eigenvalue weighted by Crippen LogP contribution is 2.33. The van der Waals surface area contributed by atoms with Crippen molar-refractivity contribution in [3.8, 4) is 22.9 Å². The van der Waals surface area contributed by atoms with Gasteiger partial charge in [-0.25, -0.2) is 4.98 Å². The molecule has 2 heterocycles. The molecule has 0 saturated heterocycles. The highest BCUT2D eigenvalue weighted by atomic mass is 16.7. The monoisotopic (exact) mass is 355 g/mol. The summed E-state index contributed by atoms with van der Waals surface area (Å²) in [5, 5.41) is 9.63. The average Bonchev–Trinajstić information content (AvgIpc) is 3.18. The molecule has 5 rings (SSSR count). The Morgan fingerprint density at radius 3 is 2.56 bits per heavy atom. The molecule has 5 nitrogen and oxygen atoms in total. The molecule has 5 heteroatoms. The first-order valence-corrected chi connectivity index (χ1v) is 8.78. The Labute approximate surface area is 156 Å². The fourth-order valence-corrected chi connectivity index (χ4v) is 3.38. The summed E-state index contributed by atoms with van der Waals surface area (Å²) >= 11 is 0. The van der Waals surface area contributed by atoms with Gasteiger partial charge in [-0.15, -0.1) is 0 Å². The van der Waals surface area contributed by atoms with Crippen molar-refractivity contribution in [2.75, 3.05) is 6.79 Å². The fourth-order valence-electron chi connectivity index (χ4n) is 3.38. The van der Waals surface area contributed by atoms with Gasteiger partial charge in [-0.1, -0.05) is 48.5 Å². The highest BCUT2D eigenvalue weighted by molar-refractivity contribution is 5.79. The molecule has 0 atom stereocenters. The minimum Gasteiger partial charge on any atom is -0.454 e. The van der Waals surface area contributed by atoms with Crippen LogP contribution < -0.4 is 15.0 Å². The van der Waals surface area contributed by atoms with Crippen LogP contribution in [0.2, 0.25) is 0 Å². The Balaban J connectivity index is 1.70. The number of para-hydroxylation sites is 1. The van der Waals surface area contributed by atoms with Gasteiger partial charge in [0.1, 0.15) is 11.3 Å². The Morgan fingerprint density at radius 1 is 0.889 bits per heavy atom. The van der Waals surface area contributed by atoms with E-state index in [0.29, 0.717) is 12.0 Å². The van der Waals surface area contributed by atoms with Crippen molar-refractivity contribution in [3.05, 3.63) is 83.8 Å². The van der Waals surface area contributed by atoms with Crippen molar-refractivity contribution in [2.45, 2.75) is 6.54 Å². The van der Waals surface area contributed by atoms with E-state index in [1.165, 1.54) is 0 Å². The largest absolute Gasteiger partial charge is 0.454 e. The maximum atomic E-state index is 8.80. The van der Waals surface area contributed by atoms with E-state index in [2.05, 4.69) is 0 Å². The summed E-state index contributed by atoms with van der Waals surface area (Å²) in [4.78, 5) is 4.86. The minimum absolute atomic E-state index is 0.252. The third-order valence-corrected chi connectivity index (χ3v) is 4.72. The summed E-state index contributed by atoms with van der Waals surface area (Å²) < 4.78 is 12.8. The number of nitrogens with zero attached hydrogens (tertiary/aromatic N) is 2. The normalized spacial score (nSPS) is 12.4. The molecule has 27 heavy (non-hydrogen) atoms. The lowest BCUT2D eigenvalue weighted by molar-refractivity contribution is 0.174. The molecule has 0 fully saturated rings. The van der Waals surface area contributed by atoms with Gasteiger partial charge in [-0.05, 0) is 29.8 Å². The first kappa shape index (κ1) is 15.6. The number of rotatable bonds is 3. The van der Waals surface area contributed by atoms with E-state index < -0.39 is 0 Å². The average molecular weight is 355 g/mol. The fraction of sp³-hybridized carbons (Fsp3) is 0.0909. The van der Waals surface area contributed by atoms with Crippen molar-refractivity contribution >= 4 is 10.9 Å². The van der Waals surface area contributed by atoms with Gasteiger partial charge in [0.2, 0.25) is 6.79 Å². The van der Waals surface area contributed by atoms with E-state index >= 15 is 0 Å². The van der Waals surface area contributed by atoms with Gasteiger partial charge in [0, 0.05) is 10.9 Å². The van der Waals surface area contributed by atoms with Gasteiger partial charge >= 0.3 is 0 Å². The van der Waals surface area contributed by atoms with Crippen LogP contribution in [0.5, 0.6) is 11.5 Å². The quantitative estimate of drug-likeness (QED) is 0.605. The summed E-state index contributed by atoms with van der Waals surface area (Å²) in [7, 11) is 0. The van der Waals surface area contributed by atoms with Crippen LogP contribution in [0.4, 0.5) is 0 Å². The number of hydrogen-bond donors (Lipinski definition) is 1. The number of ether oxygens (including phenoxy) is 2. The van der Waals surface area contributed by atoms with E-state index in [0.717, 1.165) is 39.4 Å². The first-order valence-electron chi connectivity index (χ1n) is 8.78. The van der Waals surface area contributed by atoms with Gasteiger partial charge in [0.05, 0.1) is 12.1 Å². The summed E-state index contributed by atoms with van der Waals surface area (Å²) in [6, 6.07) is 23.7. The molecule has 0 spiro atoms. The van der Waals surface area contributed by atoms with Crippen LogP contribution in [0.3, 0.4) is 0 Å². The maximum Gasteiger partial charge on any atom is 0.231 e. The SMILES string of the molecule is N=c1c2ccccc2nc(-c2ccccc2)n1Cc1ccc2c(c1)OCO2. The molecule has 0 amide bonds. The van der Waals surface area contributed by atoms with Gasteiger partial charge in [-0.2, -0.15) is 0 Å². The van der Waals surface area contributed by atoms with Crippen LogP contribution >= 0.6 is 0 Å². The van der Waals surface area contributed by atoms with Crippen LogP contribution in [0, 0.1) is 5.41 Å². The Bertz CT molecular complexity index is 1200. The summed E-state index contributed by atoms with van der Waals surface area (Å²) in [5.74, 6) is 2.28. The van der Waals surface area contributed by atoms with Crippen molar-refractivity contribution in [1.82, 2.24) is 9.55 Å². The van der Waals surface area contributed by atoms with E-state index in [1.54, 1.807) is 0 Å². The van der Waals surface area contributed by atoms with E-state index in [4.69, 9.17) is 19.9 Å². The molecule has 0 unspecified atom stereocenters. The standard InChI is InChI=1S/C22H17N3O2/c23-21-17-8-4-5-9-18(17)24-22(16-6-2-1-3-7-16)25(21)13-15-10-11-19-20(12-15)27-14-26-19/h1-12,23H,13-14H2. The van der Waals surface area contributed by atoms with Gasteiger partial charge in [0.25, 0.3) is 0 Å². The molecule has 4 aromatic rings. The highest BCUT2D eigenvalue weighted by Gasteiger charge is 2.15. The van der Waals surface area contributed by atoms with Crippen molar-refractivity contribution in [2.24, 2.45) is 0 Å². The van der Waals surface area contributed by atoms with Crippen LogP contribution in [0.25, 0.3) is 22.3 Å². The van der Waals surface area contributed by atoms with Crippen LogP contribution in [0.1, 0.15) is 5.56 Å². The smallest absolute Gasteiger partial charge is 0.231 e. The van der Waals surface area contributed by atoms with Crippen LogP contribution in [-0.4, -0.2) is 16.3 Å². The van der Waals surface area contributed by atoms with Gasteiger partial charge in [-0.3, -0.25) is 5.41 Å². The zero-order valence-electron chi connectivity index (χ0n) is 14.6. The summed E-state index contributed by atoms with van der Waals surface area (Å²) in [6.45, 7) is 0.778. The first-order chi connectivity index (χ1) is 13.3. The molecule has 1 aliphatic heterocycles. The third-order valence-electron chi connectivity index (χ3n) is 4.72. The number of benzene rings is 3. The topological polar surface area (TPSA) is 60.1 Å². The molecule has 1 aliphatic rings. The maximum absolute atomic E-state index is 8.80. The van der Waals surface area contributed by atoms with Crippen molar-refractivity contribution in [1.29, 1.82) is 5.41 Å². The van der Waals surface area contributed by atoms with E-state index in [-0.39, 0.29) is 6.79 Å². The number of nitrogens with one attached hydrogen (secondary N) is 1. The van der Waals surface area contributed by atoms with Gasteiger partial charge in [0.15, 0.2) is 11.5 Å². The number of fused-ring (bicyclic) bond motifs is 2. The molecular formula is C22H17N3O2. The second kappa shape index (κ2) is 6.29. The second-order valence-corrected chi connectivity index (χ2v) is 6.44. The van der Waals surface area contributed by atoms with Crippen LogP contribution in [-0.2, 0) is 6.54 Å². The lowest BCUT2D eigenvalue weighted by Crippen LogP contribution is -2.24. The molecule has 3 aromatic carbocycles. The second-order valence-electron chi connectivity index (χ2n) is 6.44. The molecular weight excluding hydrogens is 338 g/mol. The number of aromatic nitrogens is 2. The predicted molar refractivity (Wildman–Crippen MR) is 103 cm³/mol. The number of hydrogen-bond acceptors (Lipinski definition) is 4. The zero-order valence-corrected chi connectivity index (χ0v) is 14.6. The molecule has 0 saturated carbocycles. The lowest BCUT2D eigenvalue weighted by atomic mass is 10.1. The Hall–Kier alpha value is -3.60. The van der Waals surface area contributed by atoms with Crippen LogP contribution in [0.15, 0.2) is 72.8 Å². The molecule has 1 aromatic heterocycles. The van der Waals surface area contributed by atoms with Crippen molar-refractivity contribution < 1.29 is 9.47 Å². The Kier molecular flexibility index (Phi) is 3.64. The minimum atomic E-state index is 0.252. The lowest BCUT2D eigenvalue weighted by Gasteiger charge is -2.15. The van der Waals surface area contributed by atoms with Crippen molar-refractivity contribution in [3.63, 3.8) is 0 Å². The predicted octanol–water partition coefficient (Wildman–Crippen LogP) is 3.96. The summed E-state index contributed by atoms with van der Waals surface area (Å²) in [6.07, 6.45) is 0. The van der Waals surface area contributed by atoms with E-state index in [1.807, 2.05) is 77.4 Å². The van der Waals surface area contributed by atoms with E-state index in [9.17, 15) is 0 Å². The Morgan fingerprint density at radius 2 is 1.67 bits per heavy atom. The third kappa shape index (κ3) is 2.73. The molecule has 0 bridgehead atoms. The van der Waals surface area contributed by atoms with Gasteiger partial charge < -0.3 is 14.0 Å². The zero-order chi connectivity index (χ0) is 18.2. The summed E-state index contributed by atoms with van der Waals surface area (Å²) in [5.41, 5.74) is 3.28. The molecule has 0 aliphatic carbocycles. The molecule has 1 N–H and O–H groups in total. The molecule has 132 valence electrons.